The average molecular weight is 263 g/mol. The number of hydrogen-bond donors (Lipinski definition) is 3. The Bertz CT molecular complexity index is 505. The summed E-state index contributed by atoms with van der Waals surface area (Å²) in [5, 5.41) is 10.5. The molecule has 1 heterocycles. The molecule has 18 heavy (non-hydrogen) atoms. The molecule has 0 unspecified atom stereocenters. The minimum atomic E-state index is -4.55. The van der Waals surface area contributed by atoms with Gasteiger partial charge in [-0.25, -0.2) is 9.78 Å². The zero-order chi connectivity index (χ0) is 13.6. The summed E-state index contributed by atoms with van der Waals surface area (Å²) in [4.78, 5) is 27.9. The quantitative estimate of drug-likeness (QED) is 0.756. The van der Waals surface area contributed by atoms with E-state index in [1.807, 2.05) is 0 Å². The van der Waals surface area contributed by atoms with Gasteiger partial charge in [-0.3, -0.25) is 4.79 Å². The van der Waals surface area contributed by atoms with E-state index in [1.54, 1.807) is 5.32 Å². The van der Waals surface area contributed by atoms with E-state index in [2.05, 4.69) is 9.97 Å². The summed E-state index contributed by atoms with van der Waals surface area (Å²) in [7, 11) is 0. The standard InChI is InChI=1S/C9H8F3N3O3/c10-9(11,12)8(1-2-8)15-6(16)4-5(7(17)18)14-3-13-4/h3H,1-2H2,(H,13,14)(H,15,16)(H,17,18). The predicted octanol–water partition coefficient (Wildman–Crippen LogP) is 0.933. The highest BCUT2D eigenvalue weighted by molar-refractivity contribution is 6.02. The molecular weight excluding hydrogens is 255 g/mol. The highest BCUT2D eigenvalue weighted by Gasteiger charge is 2.64. The lowest BCUT2D eigenvalue weighted by Crippen LogP contribution is -2.48. The number of carbonyl (C=O) groups excluding carboxylic acids is 1. The zero-order valence-corrected chi connectivity index (χ0v) is 8.84. The Balaban J connectivity index is 2.19. The van der Waals surface area contributed by atoms with Crippen LogP contribution in [0.1, 0.15) is 33.8 Å². The molecule has 1 aliphatic carbocycles. The minimum Gasteiger partial charge on any atom is -0.477 e. The van der Waals surface area contributed by atoms with Crippen LogP contribution < -0.4 is 5.32 Å². The van der Waals surface area contributed by atoms with Crippen LogP contribution in [-0.2, 0) is 0 Å². The molecule has 1 aromatic rings. The first kappa shape index (κ1) is 12.4. The van der Waals surface area contributed by atoms with E-state index in [1.165, 1.54) is 0 Å². The number of carboxylic acid groups (broad SMARTS) is 1. The molecule has 1 amide bonds. The number of imidazole rings is 1. The van der Waals surface area contributed by atoms with Crippen LogP contribution in [0.15, 0.2) is 6.33 Å². The molecule has 0 bridgehead atoms. The number of aromatic carboxylic acids is 1. The smallest absolute Gasteiger partial charge is 0.411 e. The lowest BCUT2D eigenvalue weighted by Gasteiger charge is -2.20. The van der Waals surface area contributed by atoms with Crippen molar-refractivity contribution in [3.05, 3.63) is 17.7 Å². The van der Waals surface area contributed by atoms with Crippen molar-refractivity contribution in [2.24, 2.45) is 0 Å². The Morgan fingerprint density at radius 3 is 2.50 bits per heavy atom. The van der Waals surface area contributed by atoms with Crippen molar-refractivity contribution in [3.8, 4) is 0 Å². The van der Waals surface area contributed by atoms with Gasteiger partial charge in [0.2, 0.25) is 0 Å². The summed E-state index contributed by atoms with van der Waals surface area (Å²) in [5.41, 5.74) is -3.33. The topological polar surface area (TPSA) is 95.1 Å². The molecule has 1 aromatic heterocycles. The van der Waals surface area contributed by atoms with Gasteiger partial charge in [-0.15, -0.1) is 0 Å². The number of aromatic amines is 1. The molecule has 6 nitrogen and oxygen atoms in total. The van der Waals surface area contributed by atoms with E-state index in [-0.39, 0.29) is 12.8 Å². The zero-order valence-electron chi connectivity index (χ0n) is 8.84. The maximum absolute atomic E-state index is 12.6. The van der Waals surface area contributed by atoms with E-state index >= 15 is 0 Å². The van der Waals surface area contributed by atoms with Gasteiger partial charge in [-0.2, -0.15) is 13.2 Å². The first-order chi connectivity index (χ1) is 8.27. The van der Waals surface area contributed by atoms with Gasteiger partial charge in [0.25, 0.3) is 5.91 Å². The molecule has 2 rings (SSSR count). The maximum atomic E-state index is 12.6. The Morgan fingerprint density at radius 2 is 2.06 bits per heavy atom. The van der Waals surface area contributed by atoms with Gasteiger partial charge in [-0.1, -0.05) is 0 Å². The number of nitrogens with zero attached hydrogens (tertiary/aromatic N) is 1. The lowest BCUT2D eigenvalue weighted by atomic mass is 10.2. The number of rotatable bonds is 3. The van der Waals surface area contributed by atoms with Crippen molar-refractivity contribution in [2.75, 3.05) is 0 Å². The third-order valence-corrected chi connectivity index (χ3v) is 2.71. The van der Waals surface area contributed by atoms with Crippen molar-refractivity contribution in [2.45, 2.75) is 24.6 Å². The van der Waals surface area contributed by atoms with Gasteiger partial charge >= 0.3 is 12.1 Å². The Hall–Kier alpha value is -2.06. The van der Waals surface area contributed by atoms with Crippen LogP contribution in [0.25, 0.3) is 0 Å². The third-order valence-electron chi connectivity index (χ3n) is 2.71. The number of carboxylic acids is 1. The molecule has 0 aliphatic heterocycles. The molecule has 0 radical (unpaired) electrons. The van der Waals surface area contributed by atoms with Gasteiger partial charge in [0.1, 0.15) is 5.54 Å². The molecule has 0 spiro atoms. The van der Waals surface area contributed by atoms with Crippen LogP contribution in [0.4, 0.5) is 13.2 Å². The first-order valence-electron chi connectivity index (χ1n) is 4.93. The third kappa shape index (κ3) is 1.91. The minimum absolute atomic E-state index is 0.213. The SMILES string of the molecule is O=C(NC1(C(F)(F)F)CC1)c1nc[nH]c1C(=O)O. The highest BCUT2D eigenvalue weighted by Crippen LogP contribution is 2.49. The molecular formula is C9H8F3N3O3. The second-order valence-corrected chi connectivity index (χ2v) is 3.97. The van der Waals surface area contributed by atoms with Crippen LogP contribution in [0.5, 0.6) is 0 Å². The number of H-pyrrole nitrogens is 1. The Labute approximate surface area is 98.2 Å². The number of nitrogens with one attached hydrogen (secondary N) is 2. The fraction of sp³-hybridized carbons (Fsp3) is 0.444. The van der Waals surface area contributed by atoms with Gasteiger partial charge < -0.3 is 15.4 Å². The normalized spacial score (nSPS) is 17.3. The van der Waals surface area contributed by atoms with Crippen LogP contribution in [0, 0.1) is 0 Å². The number of alkyl halides is 3. The fourth-order valence-corrected chi connectivity index (χ4v) is 1.51. The monoisotopic (exact) mass is 263 g/mol. The average Bonchev–Trinajstić information content (AvgIpc) is 2.87. The van der Waals surface area contributed by atoms with E-state index in [0.29, 0.717) is 0 Å². The molecule has 0 aromatic carbocycles. The van der Waals surface area contributed by atoms with E-state index in [0.717, 1.165) is 6.33 Å². The summed E-state index contributed by atoms with van der Waals surface area (Å²) in [6.07, 6.45) is -4.04. The van der Waals surface area contributed by atoms with E-state index in [9.17, 15) is 22.8 Å². The summed E-state index contributed by atoms with van der Waals surface area (Å²) in [6, 6.07) is 0. The molecule has 1 fully saturated rings. The Morgan fingerprint density at radius 1 is 1.44 bits per heavy atom. The van der Waals surface area contributed by atoms with Gasteiger partial charge in [0.05, 0.1) is 6.33 Å². The molecule has 1 saturated carbocycles. The number of halogens is 3. The van der Waals surface area contributed by atoms with Gasteiger partial charge in [-0.05, 0) is 12.8 Å². The van der Waals surface area contributed by atoms with Gasteiger partial charge in [0, 0.05) is 0 Å². The second-order valence-electron chi connectivity index (χ2n) is 3.97. The summed E-state index contributed by atoms with van der Waals surface area (Å²) in [5.74, 6) is -2.61. The fourth-order valence-electron chi connectivity index (χ4n) is 1.51. The summed E-state index contributed by atoms with van der Waals surface area (Å²) >= 11 is 0. The first-order valence-corrected chi connectivity index (χ1v) is 4.93. The molecule has 0 atom stereocenters. The number of hydrogen-bond acceptors (Lipinski definition) is 3. The van der Waals surface area contributed by atoms with E-state index < -0.39 is 35.0 Å². The number of aromatic nitrogens is 2. The Kier molecular flexibility index (Phi) is 2.56. The van der Waals surface area contributed by atoms with Crippen molar-refractivity contribution >= 4 is 11.9 Å². The molecule has 0 saturated heterocycles. The maximum Gasteiger partial charge on any atom is 0.411 e. The van der Waals surface area contributed by atoms with Crippen molar-refractivity contribution in [1.29, 1.82) is 0 Å². The van der Waals surface area contributed by atoms with Gasteiger partial charge in [0.15, 0.2) is 11.4 Å². The van der Waals surface area contributed by atoms with Crippen molar-refractivity contribution < 1.29 is 27.9 Å². The predicted molar refractivity (Wildman–Crippen MR) is 51.0 cm³/mol. The lowest BCUT2D eigenvalue weighted by molar-refractivity contribution is -0.163. The van der Waals surface area contributed by atoms with Crippen molar-refractivity contribution in [1.82, 2.24) is 15.3 Å². The van der Waals surface area contributed by atoms with Crippen LogP contribution >= 0.6 is 0 Å². The number of amides is 1. The largest absolute Gasteiger partial charge is 0.477 e. The molecule has 98 valence electrons. The van der Waals surface area contributed by atoms with Crippen LogP contribution in [0.2, 0.25) is 0 Å². The summed E-state index contributed by atoms with van der Waals surface area (Å²) in [6.45, 7) is 0. The molecule has 3 N–H and O–H groups in total. The summed E-state index contributed by atoms with van der Waals surface area (Å²) < 4.78 is 37.8. The molecule has 9 heteroatoms. The van der Waals surface area contributed by atoms with Crippen LogP contribution in [0.3, 0.4) is 0 Å². The van der Waals surface area contributed by atoms with Crippen LogP contribution in [-0.4, -0.2) is 38.7 Å². The van der Waals surface area contributed by atoms with E-state index in [4.69, 9.17) is 5.11 Å². The number of carbonyl (C=O) groups is 2. The second kappa shape index (κ2) is 3.72. The highest BCUT2D eigenvalue weighted by atomic mass is 19.4. The molecule has 1 aliphatic rings. The van der Waals surface area contributed by atoms with Crippen molar-refractivity contribution in [3.63, 3.8) is 0 Å².